The predicted molar refractivity (Wildman–Crippen MR) is 73.4 cm³/mol. The molecule has 2 aliphatic rings. The summed E-state index contributed by atoms with van der Waals surface area (Å²) in [6.45, 7) is 2.62. The van der Waals surface area contributed by atoms with Crippen LogP contribution in [-0.2, 0) is 4.79 Å². The maximum atomic E-state index is 12.6. The largest absolute Gasteiger partial charge is 0.480 e. The molecular formula is C15H17NO5. The fourth-order valence-electron chi connectivity index (χ4n) is 2.81. The van der Waals surface area contributed by atoms with Crippen molar-refractivity contribution in [3.8, 4) is 11.5 Å². The van der Waals surface area contributed by atoms with Gasteiger partial charge in [0.1, 0.15) is 6.04 Å². The monoisotopic (exact) mass is 291 g/mol. The summed E-state index contributed by atoms with van der Waals surface area (Å²) < 4.78 is 10.5. The van der Waals surface area contributed by atoms with Crippen LogP contribution in [0.1, 0.15) is 30.1 Å². The average Bonchev–Trinajstić information content (AvgIpc) is 2.93. The Kier molecular flexibility index (Phi) is 3.45. The molecule has 2 unspecified atom stereocenters. The molecule has 0 radical (unpaired) electrons. The number of carboxylic acids is 1. The van der Waals surface area contributed by atoms with Gasteiger partial charge in [-0.1, -0.05) is 6.92 Å². The van der Waals surface area contributed by atoms with E-state index in [0.717, 1.165) is 6.42 Å². The highest BCUT2D eigenvalue weighted by Gasteiger charge is 2.35. The van der Waals surface area contributed by atoms with Crippen molar-refractivity contribution >= 4 is 11.9 Å². The van der Waals surface area contributed by atoms with Crippen LogP contribution in [0.3, 0.4) is 0 Å². The first kappa shape index (κ1) is 13.7. The number of benzene rings is 1. The third-order valence-electron chi connectivity index (χ3n) is 4.03. The van der Waals surface area contributed by atoms with Crippen molar-refractivity contribution in [2.45, 2.75) is 25.8 Å². The lowest BCUT2D eigenvalue weighted by Crippen LogP contribution is -2.49. The molecule has 3 rings (SSSR count). The van der Waals surface area contributed by atoms with E-state index in [4.69, 9.17) is 9.47 Å². The molecular weight excluding hydrogens is 274 g/mol. The minimum atomic E-state index is -0.948. The minimum absolute atomic E-state index is 0.145. The Bertz CT molecular complexity index is 585. The number of amides is 1. The summed E-state index contributed by atoms with van der Waals surface area (Å²) in [5.74, 6) is 0.224. The fraction of sp³-hybridized carbons (Fsp3) is 0.467. The summed E-state index contributed by atoms with van der Waals surface area (Å²) in [4.78, 5) is 25.4. The van der Waals surface area contributed by atoms with Crippen molar-refractivity contribution in [1.29, 1.82) is 0 Å². The third kappa shape index (κ3) is 2.53. The number of likely N-dealkylation sites (tertiary alicyclic amines) is 1. The number of hydrogen-bond donors (Lipinski definition) is 1. The van der Waals surface area contributed by atoms with Crippen LogP contribution >= 0.6 is 0 Å². The van der Waals surface area contributed by atoms with Crippen LogP contribution in [0, 0.1) is 5.92 Å². The first-order chi connectivity index (χ1) is 10.1. The molecule has 0 spiro atoms. The quantitative estimate of drug-likeness (QED) is 0.898. The topological polar surface area (TPSA) is 76.1 Å². The van der Waals surface area contributed by atoms with Gasteiger partial charge < -0.3 is 19.5 Å². The Hall–Kier alpha value is -2.24. The van der Waals surface area contributed by atoms with Gasteiger partial charge in [0.05, 0.1) is 0 Å². The number of fused-ring (bicyclic) bond motifs is 1. The molecule has 21 heavy (non-hydrogen) atoms. The van der Waals surface area contributed by atoms with Gasteiger partial charge >= 0.3 is 5.97 Å². The number of hydrogen-bond acceptors (Lipinski definition) is 4. The second-order valence-corrected chi connectivity index (χ2v) is 5.55. The van der Waals surface area contributed by atoms with Gasteiger partial charge in [-0.25, -0.2) is 4.79 Å². The van der Waals surface area contributed by atoms with Gasteiger partial charge in [-0.15, -0.1) is 0 Å². The highest BCUT2D eigenvalue weighted by atomic mass is 16.7. The standard InChI is InChI=1S/C15H17NO5/c1-9-4-5-16(11(6-9)15(18)19)14(17)10-2-3-12-13(7-10)21-8-20-12/h2-3,7,9,11H,4-6,8H2,1H3,(H,18,19). The molecule has 1 aromatic carbocycles. The third-order valence-corrected chi connectivity index (χ3v) is 4.03. The lowest BCUT2D eigenvalue weighted by molar-refractivity contribution is -0.144. The van der Waals surface area contributed by atoms with E-state index >= 15 is 0 Å². The Morgan fingerprint density at radius 1 is 1.29 bits per heavy atom. The summed E-state index contributed by atoms with van der Waals surface area (Å²) in [5, 5.41) is 9.34. The normalized spacial score (nSPS) is 24.0. The second kappa shape index (κ2) is 5.27. The highest BCUT2D eigenvalue weighted by molar-refractivity contribution is 5.97. The Labute approximate surface area is 122 Å². The van der Waals surface area contributed by atoms with Crippen LogP contribution in [0.25, 0.3) is 0 Å². The predicted octanol–water partition coefficient (Wildman–Crippen LogP) is 1.74. The SMILES string of the molecule is CC1CCN(C(=O)c2ccc3c(c2)OCO3)C(C(=O)O)C1. The van der Waals surface area contributed by atoms with Gasteiger partial charge in [0.15, 0.2) is 11.5 Å². The number of carbonyl (C=O) groups excluding carboxylic acids is 1. The molecule has 1 saturated heterocycles. The summed E-state index contributed by atoms with van der Waals surface area (Å²) in [6, 6.07) is 4.18. The molecule has 0 bridgehead atoms. The van der Waals surface area contributed by atoms with Gasteiger partial charge in [-0.2, -0.15) is 0 Å². The molecule has 1 N–H and O–H groups in total. The van der Waals surface area contributed by atoms with Crippen molar-refractivity contribution in [2.24, 2.45) is 5.92 Å². The molecule has 1 amide bonds. The molecule has 0 aromatic heterocycles. The Morgan fingerprint density at radius 2 is 2.05 bits per heavy atom. The van der Waals surface area contributed by atoms with E-state index in [2.05, 4.69) is 0 Å². The van der Waals surface area contributed by atoms with E-state index < -0.39 is 12.0 Å². The second-order valence-electron chi connectivity index (χ2n) is 5.55. The van der Waals surface area contributed by atoms with E-state index in [1.54, 1.807) is 18.2 Å². The Morgan fingerprint density at radius 3 is 2.81 bits per heavy atom. The van der Waals surface area contributed by atoms with Crippen molar-refractivity contribution in [3.05, 3.63) is 23.8 Å². The molecule has 2 aliphatic heterocycles. The first-order valence-electron chi connectivity index (χ1n) is 6.99. The van der Waals surface area contributed by atoms with E-state index in [1.165, 1.54) is 4.90 Å². The number of carboxylic acid groups (broad SMARTS) is 1. The van der Waals surface area contributed by atoms with Gasteiger partial charge in [-0.3, -0.25) is 4.79 Å². The highest BCUT2D eigenvalue weighted by Crippen LogP contribution is 2.33. The van der Waals surface area contributed by atoms with Gasteiger partial charge in [0.25, 0.3) is 5.91 Å². The molecule has 0 aliphatic carbocycles. The van der Waals surface area contributed by atoms with Crippen LogP contribution in [0.2, 0.25) is 0 Å². The van der Waals surface area contributed by atoms with Crippen LogP contribution in [0.4, 0.5) is 0 Å². The molecule has 6 nitrogen and oxygen atoms in total. The molecule has 0 saturated carbocycles. The molecule has 6 heteroatoms. The van der Waals surface area contributed by atoms with E-state index in [9.17, 15) is 14.7 Å². The molecule has 112 valence electrons. The zero-order chi connectivity index (χ0) is 15.0. The zero-order valence-corrected chi connectivity index (χ0v) is 11.7. The van der Waals surface area contributed by atoms with Crippen molar-refractivity contribution < 1.29 is 24.2 Å². The summed E-state index contributed by atoms with van der Waals surface area (Å²) in [6.07, 6.45) is 1.31. The van der Waals surface area contributed by atoms with E-state index in [1.807, 2.05) is 6.92 Å². The van der Waals surface area contributed by atoms with Crippen molar-refractivity contribution in [2.75, 3.05) is 13.3 Å². The molecule has 2 atom stereocenters. The molecule has 1 fully saturated rings. The van der Waals surface area contributed by atoms with Crippen molar-refractivity contribution in [3.63, 3.8) is 0 Å². The summed E-state index contributed by atoms with van der Waals surface area (Å²) in [7, 11) is 0. The number of ether oxygens (including phenoxy) is 2. The van der Waals surface area contributed by atoms with E-state index in [-0.39, 0.29) is 12.7 Å². The van der Waals surface area contributed by atoms with Crippen LogP contribution in [0.5, 0.6) is 11.5 Å². The fourth-order valence-corrected chi connectivity index (χ4v) is 2.81. The number of aliphatic carboxylic acids is 1. The molecule has 1 aromatic rings. The van der Waals surface area contributed by atoms with Gasteiger partial charge in [-0.05, 0) is 37.0 Å². The number of piperidine rings is 1. The molecule has 2 heterocycles. The summed E-state index contributed by atoms with van der Waals surface area (Å²) in [5.41, 5.74) is 0.431. The zero-order valence-electron chi connectivity index (χ0n) is 11.7. The minimum Gasteiger partial charge on any atom is -0.480 e. The maximum absolute atomic E-state index is 12.6. The van der Waals surface area contributed by atoms with Gasteiger partial charge in [0.2, 0.25) is 6.79 Å². The lowest BCUT2D eigenvalue weighted by Gasteiger charge is -2.36. The van der Waals surface area contributed by atoms with Crippen LogP contribution < -0.4 is 9.47 Å². The first-order valence-corrected chi connectivity index (χ1v) is 6.99. The maximum Gasteiger partial charge on any atom is 0.326 e. The van der Waals surface area contributed by atoms with Gasteiger partial charge in [0, 0.05) is 12.1 Å². The smallest absolute Gasteiger partial charge is 0.326 e. The van der Waals surface area contributed by atoms with Crippen LogP contribution in [-0.4, -0.2) is 41.3 Å². The average molecular weight is 291 g/mol. The van der Waals surface area contributed by atoms with Crippen molar-refractivity contribution in [1.82, 2.24) is 4.90 Å². The van der Waals surface area contributed by atoms with E-state index in [0.29, 0.717) is 35.9 Å². The van der Waals surface area contributed by atoms with Crippen LogP contribution in [0.15, 0.2) is 18.2 Å². The number of carbonyl (C=O) groups is 2. The lowest BCUT2D eigenvalue weighted by atomic mass is 9.92. The number of rotatable bonds is 2. The Balaban J connectivity index is 1.85. The summed E-state index contributed by atoms with van der Waals surface area (Å²) >= 11 is 0. The number of nitrogens with zero attached hydrogens (tertiary/aromatic N) is 1.